The number of hydrogen-bond acceptors (Lipinski definition) is 5. The van der Waals surface area contributed by atoms with Gasteiger partial charge in [0, 0.05) is 24.7 Å². The third kappa shape index (κ3) is 4.70. The molecule has 0 bridgehead atoms. The number of hydrogen-bond donors (Lipinski definition) is 1. The van der Waals surface area contributed by atoms with Crippen LogP contribution in [-0.4, -0.2) is 40.6 Å². The second-order valence-electron chi connectivity index (χ2n) is 6.09. The molecule has 6 nitrogen and oxygen atoms in total. The normalized spacial score (nSPS) is 19.2. The van der Waals surface area contributed by atoms with Crippen LogP contribution in [0.2, 0.25) is 0 Å². The number of likely N-dealkylation sites (tertiary alicyclic amines) is 1. The Bertz CT molecular complexity index is 496. The van der Waals surface area contributed by atoms with Crippen molar-refractivity contribution in [2.24, 2.45) is 5.92 Å². The fourth-order valence-corrected chi connectivity index (χ4v) is 2.71. The molecule has 2 heterocycles. The van der Waals surface area contributed by atoms with E-state index in [1.807, 2.05) is 26.2 Å². The molecular weight excluding hydrogens is 290 g/mol. The van der Waals surface area contributed by atoms with Crippen LogP contribution in [0.15, 0.2) is 11.6 Å². The van der Waals surface area contributed by atoms with Gasteiger partial charge in [0.1, 0.15) is 5.60 Å². The van der Waals surface area contributed by atoms with Gasteiger partial charge in [-0.25, -0.2) is 9.78 Å². The molecular formula is C14H21N3O3S. The smallest absolute Gasteiger partial charge is 0.410 e. The molecule has 0 spiro atoms. The number of piperidine rings is 1. The summed E-state index contributed by atoms with van der Waals surface area (Å²) in [4.78, 5) is 29.9. The molecule has 116 valence electrons. The quantitative estimate of drug-likeness (QED) is 0.911. The summed E-state index contributed by atoms with van der Waals surface area (Å²) >= 11 is 1.38. The third-order valence-corrected chi connectivity index (χ3v) is 3.79. The Morgan fingerprint density at radius 3 is 2.86 bits per heavy atom. The van der Waals surface area contributed by atoms with Gasteiger partial charge in [0.15, 0.2) is 5.13 Å². The molecule has 1 atom stereocenters. The van der Waals surface area contributed by atoms with Gasteiger partial charge in [0.05, 0.1) is 5.92 Å². The van der Waals surface area contributed by atoms with E-state index in [0.29, 0.717) is 18.2 Å². The van der Waals surface area contributed by atoms with Gasteiger partial charge in [-0.05, 0) is 33.6 Å². The second-order valence-corrected chi connectivity index (χ2v) is 6.99. The molecule has 0 aliphatic carbocycles. The second kappa shape index (κ2) is 6.43. The molecule has 1 fully saturated rings. The predicted molar refractivity (Wildman–Crippen MR) is 81.3 cm³/mol. The Morgan fingerprint density at radius 2 is 2.24 bits per heavy atom. The molecule has 1 aliphatic heterocycles. The Kier molecular flexibility index (Phi) is 4.82. The van der Waals surface area contributed by atoms with Gasteiger partial charge in [0.2, 0.25) is 5.91 Å². The molecule has 1 saturated heterocycles. The van der Waals surface area contributed by atoms with Crippen LogP contribution in [0.25, 0.3) is 0 Å². The monoisotopic (exact) mass is 311 g/mol. The number of anilines is 1. The highest BCUT2D eigenvalue weighted by atomic mass is 32.1. The summed E-state index contributed by atoms with van der Waals surface area (Å²) in [6.45, 7) is 6.53. The number of rotatable bonds is 2. The molecule has 0 aromatic carbocycles. The number of ether oxygens (including phenoxy) is 1. The van der Waals surface area contributed by atoms with Crippen molar-refractivity contribution >= 4 is 28.5 Å². The Balaban J connectivity index is 1.91. The average Bonchev–Trinajstić information content (AvgIpc) is 2.90. The van der Waals surface area contributed by atoms with Crippen molar-refractivity contribution in [3.63, 3.8) is 0 Å². The van der Waals surface area contributed by atoms with Crippen LogP contribution in [0.5, 0.6) is 0 Å². The van der Waals surface area contributed by atoms with E-state index in [1.54, 1.807) is 11.1 Å². The molecule has 2 amide bonds. The number of nitrogens with one attached hydrogen (secondary N) is 1. The van der Waals surface area contributed by atoms with Gasteiger partial charge < -0.3 is 15.0 Å². The van der Waals surface area contributed by atoms with Gasteiger partial charge in [-0.2, -0.15) is 0 Å². The van der Waals surface area contributed by atoms with E-state index in [1.165, 1.54) is 11.3 Å². The zero-order valence-electron chi connectivity index (χ0n) is 12.6. The summed E-state index contributed by atoms with van der Waals surface area (Å²) in [7, 11) is 0. The zero-order valence-corrected chi connectivity index (χ0v) is 13.4. The number of carbonyl (C=O) groups is 2. The van der Waals surface area contributed by atoms with Crippen molar-refractivity contribution in [2.75, 3.05) is 18.4 Å². The summed E-state index contributed by atoms with van der Waals surface area (Å²) in [6, 6.07) is 0. The largest absolute Gasteiger partial charge is 0.444 e. The zero-order chi connectivity index (χ0) is 15.5. The minimum absolute atomic E-state index is 0.0850. The molecule has 0 saturated carbocycles. The van der Waals surface area contributed by atoms with Crippen LogP contribution >= 0.6 is 11.3 Å². The molecule has 7 heteroatoms. The fourth-order valence-electron chi connectivity index (χ4n) is 2.18. The molecule has 1 aromatic rings. The Morgan fingerprint density at radius 1 is 1.48 bits per heavy atom. The van der Waals surface area contributed by atoms with E-state index < -0.39 is 5.60 Å². The van der Waals surface area contributed by atoms with Crippen molar-refractivity contribution < 1.29 is 14.3 Å². The number of amides is 2. The van der Waals surface area contributed by atoms with Gasteiger partial charge >= 0.3 is 6.09 Å². The highest BCUT2D eigenvalue weighted by Gasteiger charge is 2.31. The summed E-state index contributed by atoms with van der Waals surface area (Å²) in [6.07, 6.45) is 2.87. The lowest BCUT2D eigenvalue weighted by Gasteiger charge is -2.33. The molecule has 1 aromatic heterocycles. The minimum Gasteiger partial charge on any atom is -0.444 e. The topological polar surface area (TPSA) is 71.5 Å². The Hall–Kier alpha value is -1.63. The summed E-state index contributed by atoms with van der Waals surface area (Å²) in [5.41, 5.74) is -0.521. The van der Waals surface area contributed by atoms with E-state index in [4.69, 9.17) is 4.74 Å². The first-order chi connectivity index (χ1) is 9.85. The average molecular weight is 311 g/mol. The van der Waals surface area contributed by atoms with Gasteiger partial charge in [0.25, 0.3) is 0 Å². The van der Waals surface area contributed by atoms with E-state index in [0.717, 1.165) is 12.8 Å². The molecule has 21 heavy (non-hydrogen) atoms. The van der Waals surface area contributed by atoms with Crippen molar-refractivity contribution in [1.29, 1.82) is 0 Å². The first kappa shape index (κ1) is 15.8. The standard InChI is InChI=1S/C14H21N3O3S/c1-14(2,3)20-13(19)17-7-4-5-10(9-17)11(18)16-12-15-6-8-21-12/h6,8,10H,4-5,7,9H2,1-3H3,(H,15,16,18)/t10-/m0/s1. The number of thiazole rings is 1. The molecule has 0 radical (unpaired) electrons. The predicted octanol–water partition coefficient (Wildman–Crippen LogP) is 2.73. The lowest BCUT2D eigenvalue weighted by atomic mass is 9.97. The lowest BCUT2D eigenvalue weighted by molar-refractivity contribution is -0.121. The van der Waals surface area contributed by atoms with Gasteiger partial charge in [-0.3, -0.25) is 4.79 Å². The molecule has 0 unspecified atom stereocenters. The molecule has 1 N–H and O–H groups in total. The SMILES string of the molecule is CC(C)(C)OC(=O)N1CCC[C@H](C(=O)Nc2nccs2)C1. The first-order valence-electron chi connectivity index (χ1n) is 7.03. The minimum atomic E-state index is -0.521. The fraction of sp³-hybridized carbons (Fsp3) is 0.643. The van der Waals surface area contributed by atoms with Crippen LogP contribution in [-0.2, 0) is 9.53 Å². The summed E-state index contributed by atoms with van der Waals surface area (Å²) in [5, 5.41) is 5.19. The lowest BCUT2D eigenvalue weighted by Crippen LogP contribution is -2.45. The van der Waals surface area contributed by atoms with E-state index >= 15 is 0 Å². The van der Waals surface area contributed by atoms with E-state index in [2.05, 4.69) is 10.3 Å². The van der Waals surface area contributed by atoms with Crippen molar-refractivity contribution in [1.82, 2.24) is 9.88 Å². The van der Waals surface area contributed by atoms with Crippen LogP contribution in [0.4, 0.5) is 9.93 Å². The third-order valence-electron chi connectivity index (χ3n) is 3.11. The van der Waals surface area contributed by atoms with Crippen molar-refractivity contribution in [3.05, 3.63) is 11.6 Å². The first-order valence-corrected chi connectivity index (χ1v) is 7.91. The molecule has 1 aliphatic rings. The number of aromatic nitrogens is 1. The Labute approximate surface area is 128 Å². The molecule has 2 rings (SSSR count). The van der Waals surface area contributed by atoms with Gasteiger partial charge in [-0.1, -0.05) is 0 Å². The van der Waals surface area contributed by atoms with Crippen LogP contribution in [0, 0.1) is 5.92 Å². The van der Waals surface area contributed by atoms with Crippen LogP contribution in [0.3, 0.4) is 0 Å². The summed E-state index contributed by atoms with van der Waals surface area (Å²) < 4.78 is 5.36. The maximum absolute atomic E-state index is 12.2. The van der Waals surface area contributed by atoms with Crippen LogP contribution < -0.4 is 5.32 Å². The number of nitrogens with zero attached hydrogens (tertiary/aromatic N) is 2. The van der Waals surface area contributed by atoms with Gasteiger partial charge in [-0.15, -0.1) is 11.3 Å². The van der Waals surface area contributed by atoms with E-state index in [-0.39, 0.29) is 17.9 Å². The van der Waals surface area contributed by atoms with Crippen molar-refractivity contribution in [2.45, 2.75) is 39.2 Å². The maximum atomic E-state index is 12.2. The van der Waals surface area contributed by atoms with Crippen molar-refractivity contribution in [3.8, 4) is 0 Å². The summed E-state index contributed by atoms with van der Waals surface area (Å²) in [5.74, 6) is -0.298. The highest BCUT2D eigenvalue weighted by Crippen LogP contribution is 2.21. The number of carbonyl (C=O) groups excluding carboxylic acids is 2. The van der Waals surface area contributed by atoms with E-state index in [9.17, 15) is 9.59 Å². The van der Waals surface area contributed by atoms with Crippen LogP contribution in [0.1, 0.15) is 33.6 Å². The maximum Gasteiger partial charge on any atom is 0.410 e. The highest BCUT2D eigenvalue weighted by molar-refractivity contribution is 7.13.